The number of phenols is 1. The molecular formula is C17H25N3O2. The number of amides is 1. The summed E-state index contributed by atoms with van der Waals surface area (Å²) in [6.45, 7) is 1.81. The predicted octanol–water partition coefficient (Wildman–Crippen LogP) is 1.55. The van der Waals surface area contributed by atoms with E-state index in [9.17, 15) is 9.90 Å². The third-order valence-electron chi connectivity index (χ3n) is 5.28. The number of carbonyl (C=O) groups excluding carboxylic acids is 1. The van der Waals surface area contributed by atoms with E-state index in [2.05, 4.69) is 4.90 Å². The number of fused-ring (bicyclic) bond motifs is 2. The first-order valence-electron chi connectivity index (χ1n) is 8.19. The molecule has 2 bridgehead atoms. The molecule has 2 aliphatic rings. The van der Waals surface area contributed by atoms with Crippen LogP contribution in [-0.4, -0.2) is 41.1 Å². The molecule has 0 radical (unpaired) electrons. The Bertz CT molecular complexity index is 547. The Morgan fingerprint density at radius 3 is 2.55 bits per heavy atom. The van der Waals surface area contributed by atoms with Crippen molar-refractivity contribution in [1.29, 1.82) is 0 Å². The van der Waals surface area contributed by atoms with E-state index < -0.39 is 5.91 Å². The van der Waals surface area contributed by atoms with E-state index in [1.54, 1.807) is 6.07 Å². The molecule has 5 N–H and O–H groups in total. The minimum absolute atomic E-state index is 0.0785. The van der Waals surface area contributed by atoms with E-state index in [4.69, 9.17) is 11.5 Å². The Morgan fingerprint density at radius 1 is 1.27 bits per heavy atom. The zero-order chi connectivity index (χ0) is 15.7. The summed E-state index contributed by atoms with van der Waals surface area (Å²) in [5.41, 5.74) is 12.1. The number of nitrogens with zero attached hydrogens (tertiary/aromatic N) is 1. The average Bonchev–Trinajstić information content (AvgIpc) is 2.73. The van der Waals surface area contributed by atoms with Gasteiger partial charge in [-0.05, 0) is 62.7 Å². The Hall–Kier alpha value is -1.59. The van der Waals surface area contributed by atoms with Gasteiger partial charge in [-0.2, -0.15) is 0 Å². The quantitative estimate of drug-likeness (QED) is 0.769. The number of hydrogen-bond acceptors (Lipinski definition) is 4. The van der Waals surface area contributed by atoms with Gasteiger partial charge in [0.25, 0.3) is 5.91 Å². The average molecular weight is 303 g/mol. The second kappa shape index (κ2) is 6.26. The number of hydrogen-bond donors (Lipinski definition) is 3. The molecule has 2 saturated heterocycles. The molecule has 2 fully saturated rings. The van der Waals surface area contributed by atoms with Crippen molar-refractivity contribution in [2.45, 2.75) is 50.1 Å². The van der Waals surface area contributed by atoms with Crippen molar-refractivity contribution < 1.29 is 9.90 Å². The monoisotopic (exact) mass is 303 g/mol. The summed E-state index contributed by atoms with van der Waals surface area (Å²) >= 11 is 0. The highest BCUT2D eigenvalue weighted by molar-refractivity contribution is 5.96. The molecule has 22 heavy (non-hydrogen) atoms. The van der Waals surface area contributed by atoms with Gasteiger partial charge in [0.2, 0.25) is 0 Å². The van der Waals surface area contributed by atoms with E-state index in [0.717, 1.165) is 37.9 Å². The van der Waals surface area contributed by atoms with Gasteiger partial charge in [0.1, 0.15) is 5.75 Å². The smallest absolute Gasteiger partial charge is 0.252 e. The van der Waals surface area contributed by atoms with E-state index >= 15 is 0 Å². The molecular weight excluding hydrogens is 278 g/mol. The predicted molar refractivity (Wildman–Crippen MR) is 85.8 cm³/mol. The van der Waals surface area contributed by atoms with Crippen molar-refractivity contribution in [3.8, 4) is 5.75 Å². The maximum Gasteiger partial charge on any atom is 0.252 e. The molecule has 0 aromatic heterocycles. The highest BCUT2D eigenvalue weighted by Crippen LogP contribution is 2.45. The number of rotatable bonds is 5. The molecule has 0 spiro atoms. The van der Waals surface area contributed by atoms with E-state index in [-0.39, 0.29) is 11.3 Å². The standard InChI is InChI=1S/C17H25N3O2/c18-7-2-8-20-12-5-6-13(20)10-11(9-12)14-3-1-4-15(16(14)21)17(19)22/h1,3-4,11-13,21H,2,5-10,18H2,(H2,19,22). The van der Waals surface area contributed by atoms with Crippen LogP contribution in [0, 0.1) is 0 Å². The molecule has 0 aliphatic carbocycles. The fraction of sp³-hybridized carbons (Fsp3) is 0.588. The number of aromatic hydroxyl groups is 1. The first kappa shape index (κ1) is 15.3. The summed E-state index contributed by atoms with van der Waals surface area (Å²) < 4.78 is 0. The Balaban J connectivity index is 1.79. The molecule has 5 nitrogen and oxygen atoms in total. The van der Waals surface area contributed by atoms with Crippen molar-refractivity contribution in [1.82, 2.24) is 4.90 Å². The minimum atomic E-state index is -0.567. The summed E-state index contributed by atoms with van der Waals surface area (Å²) in [6.07, 6.45) is 5.57. The zero-order valence-corrected chi connectivity index (χ0v) is 12.9. The van der Waals surface area contributed by atoms with Crippen LogP contribution in [0.1, 0.15) is 53.9 Å². The SMILES string of the molecule is NCCCN1C2CCC1CC(c1cccc(C(N)=O)c1O)C2. The first-order valence-corrected chi connectivity index (χ1v) is 8.19. The van der Waals surface area contributed by atoms with Crippen molar-refractivity contribution >= 4 is 5.91 Å². The second-order valence-electron chi connectivity index (χ2n) is 6.54. The lowest BCUT2D eigenvalue weighted by Crippen LogP contribution is -2.43. The van der Waals surface area contributed by atoms with Crippen molar-refractivity contribution in [2.75, 3.05) is 13.1 Å². The van der Waals surface area contributed by atoms with Crippen LogP contribution in [0.5, 0.6) is 5.75 Å². The van der Waals surface area contributed by atoms with Gasteiger partial charge < -0.3 is 16.6 Å². The molecule has 1 aromatic carbocycles. The molecule has 2 atom stereocenters. The molecule has 2 heterocycles. The van der Waals surface area contributed by atoms with Crippen LogP contribution in [0.15, 0.2) is 18.2 Å². The molecule has 120 valence electrons. The zero-order valence-electron chi connectivity index (χ0n) is 12.9. The maximum absolute atomic E-state index is 11.4. The van der Waals surface area contributed by atoms with Crippen LogP contribution >= 0.6 is 0 Å². The lowest BCUT2D eigenvalue weighted by molar-refractivity contribution is 0.0997. The molecule has 5 heteroatoms. The summed E-state index contributed by atoms with van der Waals surface area (Å²) in [5, 5.41) is 10.4. The molecule has 2 unspecified atom stereocenters. The van der Waals surface area contributed by atoms with Gasteiger partial charge in [-0.15, -0.1) is 0 Å². The van der Waals surface area contributed by atoms with Gasteiger partial charge in [-0.1, -0.05) is 12.1 Å². The van der Waals surface area contributed by atoms with Gasteiger partial charge >= 0.3 is 0 Å². The van der Waals surface area contributed by atoms with Crippen LogP contribution in [-0.2, 0) is 0 Å². The Kier molecular flexibility index (Phi) is 4.36. The third kappa shape index (κ3) is 2.71. The lowest BCUT2D eigenvalue weighted by atomic mass is 9.83. The number of carbonyl (C=O) groups is 1. The summed E-state index contributed by atoms with van der Waals surface area (Å²) in [5.74, 6) is -0.177. The largest absolute Gasteiger partial charge is 0.507 e. The molecule has 1 aromatic rings. The minimum Gasteiger partial charge on any atom is -0.507 e. The normalized spacial score (nSPS) is 28.0. The first-order chi connectivity index (χ1) is 10.6. The summed E-state index contributed by atoms with van der Waals surface area (Å²) in [6, 6.07) is 6.49. The van der Waals surface area contributed by atoms with Gasteiger partial charge in [0, 0.05) is 12.1 Å². The van der Waals surface area contributed by atoms with E-state index in [1.807, 2.05) is 12.1 Å². The fourth-order valence-electron chi connectivity index (χ4n) is 4.26. The highest BCUT2D eigenvalue weighted by Gasteiger charge is 2.41. The number of primary amides is 1. The molecule has 2 aliphatic heterocycles. The summed E-state index contributed by atoms with van der Waals surface area (Å²) in [4.78, 5) is 14.0. The Morgan fingerprint density at radius 2 is 1.95 bits per heavy atom. The van der Waals surface area contributed by atoms with E-state index in [1.165, 1.54) is 12.8 Å². The number of para-hydroxylation sites is 1. The number of piperidine rings is 1. The second-order valence-corrected chi connectivity index (χ2v) is 6.54. The topological polar surface area (TPSA) is 92.6 Å². The van der Waals surface area contributed by atoms with Crippen LogP contribution < -0.4 is 11.5 Å². The Labute approximate surface area is 131 Å². The van der Waals surface area contributed by atoms with Crippen molar-refractivity contribution in [2.24, 2.45) is 11.5 Å². The fourth-order valence-corrected chi connectivity index (χ4v) is 4.26. The summed E-state index contributed by atoms with van der Waals surface area (Å²) in [7, 11) is 0. The van der Waals surface area contributed by atoms with Crippen molar-refractivity contribution in [3.05, 3.63) is 29.3 Å². The third-order valence-corrected chi connectivity index (χ3v) is 5.28. The number of benzene rings is 1. The highest BCUT2D eigenvalue weighted by atomic mass is 16.3. The van der Waals surface area contributed by atoms with Gasteiger partial charge in [-0.3, -0.25) is 9.69 Å². The molecule has 1 amide bonds. The van der Waals surface area contributed by atoms with Crippen molar-refractivity contribution in [3.63, 3.8) is 0 Å². The van der Waals surface area contributed by atoms with Gasteiger partial charge in [0.05, 0.1) is 5.56 Å². The van der Waals surface area contributed by atoms with Crippen LogP contribution in [0.25, 0.3) is 0 Å². The van der Waals surface area contributed by atoms with Gasteiger partial charge in [0.15, 0.2) is 0 Å². The van der Waals surface area contributed by atoms with Gasteiger partial charge in [-0.25, -0.2) is 0 Å². The lowest BCUT2D eigenvalue weighted by Gasteiger charge is -2.39. The van der Waals surface area contributed by atoms with E-state index in [0.29, 0.717) is 18.0 Å². The van der Waals surface area contributed by atoms with Crippen LogP contribution in [0.3, 0.4) is 0 Å². The van der Waals surface area contributed by atoms with Crippen LogP contribution in [0.2, 0.25) is 0 Å². The molecule has 0 saturated carbocycles. The number of nitrogens with two attached hydrogens (primary N) is 2. The maximum atomic E-state index is 11.4. The molecule has 3 rings (SSSR count). The van der Waals surface area contributed by atoms with Crippen LogP contribution in [0.4, 0.5) is 0 Å².